The molecule has 2 aromatic heterocycles. The van der Waals surface area contributed by atoms with Crippen molar-refractivity contribution in [2.75, 3.05) is 5.32 Å². The molecule has 1 aliphatic carbocycles. The van der Waals surface area contributed by atoms with Crippen molar-refractivity contribution in [3.8, 4) is 10.7 Å². The highest BCUT2D eigenvalue weighted by Gasteiger charge is 2.20. The van der Waals surface area contributed by atoms with Crippen LogP contribution in [0.2, 0.25) is 0 Å². The molecule has 3 rings (SSSR count). The first-order valence-corrected chi connectivity index (χ1v) is 8.11. The van der Waals surface area contributed by atoms with E-state index in [0.29, 0.717) is 22.1 Å². The molecule has 0 fully saturated rings. The van der Waals surface area contributed by atoms with Gasteiger partial charge in [0.2, 0.25) is 5.91 Å². The lowest BCUT2D eigenvalue weighted by atomic mass is 10.1. The smallest absolute Gasteiger partial charge is 0.302 e. The summed E-state index contributed by atoms with van der Waals surface area (Å²) in [5.74, 6) is 0.321. The average Bonchev–Trinajstić information content (AvgIpc) is 3.19. The molecular weight excluding hydrogens is 322 g/mol. The van der Waals surface area contributed by atoms with Gasteiger partial charge in [-0.05, 0) is 25.7 Å². The minimum absolute atomic E-state index is 0.112. The van der Waals surface area contributed by atoms with Gasteiger partial charge in [0.05, 0.1) is 10.6 Å². The quantitative estimate of drug-likeness (QED) is 0.838. The van der Waals surface area contributed by atoms with E-state index in [1.54, 1.807) is 6.92 Å². The Hall–Kier alpha value is -2.09. The van der Waals surface area contributed by atoms with E-state index in [2.05, 4.69) is 27.4 Å². The predicted molar refractivity (Wildman–Crippen MR) is 84.4 cm³/mol. The zero-order valence-corrected chi connectivity index (χ0v) is 13.3. The molecule has 0 saturated heterocycles. The Kier molecular flexibility index (Phi) is 4.51. The molecule has 0 saturated carbocycles. The summed E-state index contributed by atoms with van der Waals surface area (Å²) in [6.07, 6.45) is 9.09. The standard InChI is InChI=1S/C15H16F2N4OS/c1-9-12(13-18-6-7-21(13)14(16)17)23-15(19-9)20-11(22)8-10-4-2-3-5-10/h2,4,6-7,10,14H,3,5,8H2,1H3,(H,19,20,22)/t10-/m0/s1. The first-order chi connectivity index (χ1) is 11.0. The van der Waals surface area contributed by atoms with E-state index in [1.807, 2.05) is 0 Å². The molecule has 0 aromatic carbocycles. The molecule has 2 heterocycles. The van der Waals surface area contributed by atoms with E-state index in [0.717, 1.165) is 28.7 Å². The molecule has 1 atom stereocenters. The number of allylic oxidation sites excluding steroid dienone is 2. The van der Waals surface area contributed by atoms with Gasteiger partial charge in [-0.15, -0.1) is 0 Å². The Labute approximate surface area is 136 Å². The third-order valence-corrected chi connectivity index (χ3v) is 4.75. The Morgan fingerprint density at radius 1 is 1.57 bits per heavy atom. The lowest BCUT2D eigenvalue weighted by molar-refractivity contribution is -0.116. The van der Waals surface area contributed by atoms with Crippen molar-refractivity contribution in [1.82, 2.24) is 14.5 Å². The van der Waals surface area contributed by atoms with Crippen molar-refractivity contribution in [3.63, 3.8) is 0 Å². The zero-order chi connectivity index (χ0) is 16.4. The second kappa shape index (κ2) is 6.57. The van der Waals surface area contributed by atoms with E-state index >= 15 is 0 Å². The van der Waals surface area contributed by atoms with Crippen LogP contribution in [0.25, 0.3) is 10.7 Å². The number of nitrogens with zero attached hydrogens (tertiary/aromatic N) is 3. The fourth-order valence-electron chi connectivity index (χ4n) is 2.58. The summed E-state index contributed by atoms with van der Waals surface area (Å²) in [4.78, 5) is 20.8. The van der Waals surface area contributed by atoms with Gasteiger partial charge >= 0.3 is 6.55 Å². The first-order valence-electron chi connectivity index (χ1n) is 7.30. The van der Waals surface area contributed by atoms with Crippen molar-refractivity contribution >= 4 is 22.4 Å². The highest BCUT2D eigenvalue weighted by atomic mass is 32.1. The van der Waals surface area contributed by atoms with Crippen LogP contribution >= 0.6 is 11.3 Å². The summed E-state index contributed by atoms with van der Waals surface area (Å²) in [6.45, 7) is -0.952. The number of aromatic nitrogens is 3. The number of anilines is 1. The Morgan fingerprint density at radius 3 is 3.09 bits per heavy atom. The van der Waals surface area contributed by atoms with E-state index < -0.39 is 6.55 Å². The van der Waals surface area contributed by atoms with Gasteiger partial charge in [0.25, 0.3) is 0 Å². The number of nitrogens with one attached hydrogen (secondary N) is 1. The second-order valence-corrected chi connectivity index (χ2v) is 6.39. The van der Waals surface area contributed by atoms with Crippen molar-refractivity contribution in [1.29, 1.82) is 0 Å². The molecule has 1 amide bonds. The van der Waals surface area contributed by atoms with Crippen LogP contribution in [0.5, 0.6) is 0 Å². The molecule has 0 radical (unpaired) electrons. The van der Waals surface area contributed by atoms with Crippen LogP contribution in [-0.2, 0) is 4.79 Å². The number of carbonyl (C=O) groups excluding carboxylic acids is 1. The lowest BCUT2D eigenvalue weighted by Gasteiger charge is -2.06. The molecular formula is C15H16F2N4OS. The molecule has 0 unspecified atom stereocenters. The second-order valence-electron chi connectivity index (χ2n) is 5.39. The number of amides is 1. The van der Waals surface area contributed by atoms with Gasteiger partial charge in [-0.3, -0.25) is 9.36 Å². The SMILES string of the molecule is Cc1nc(NC(=O)C[C@H]2C=CCC2)sc1-c1nccn1C(F)F. The fraction of sp³-hybridized carbons (Fsp3) is 0.400. The molecule has 23 heavy (non-hydrogen) atoms. The number of imidazole rings is 1. The molecule has 0 spiro atoms. The van der Waals surface area contributed by atoms with Gasteiger partial charge in [-0.25, -0.2) is 9.97 Å². The monoisotopic (exact) mass is 338 g/mol. The van der Waals surface area contributed by atoms with Gasteiger partial charge in [0, 0.05) is 18.8 Å². The summed E-state index contributed by atoms with van der Waals surface area (Å²) >= 11 is 1.16. The zero-order valence-electron chi connectivity index (χ0n) is 12.5. The minimum Gasteiger partial charge on any atom is -0.302 e. The third-order valence-electron chi connectivity index (χ3n) is 3.68. The molecule has 1 N–H and O–H groups in total. The number of rotatable bonds is 5. The van der Waals surface area contributed by atoms with Crippen LogP contribution in [0.1, 0.15) is 31.5 Å². The largest absolute Gasteiger partial charge is 0.320 e. The van der Waals surface area contributed by atoms with Crippen LogP contribution in [0.3, 0.4) is 0 Å². The number of thiazole rings is 1. The van der Waals surface area contributed by atoms with Crippen molar-refractivity contribution in [2.45, 2.75) is 32.7 Å². The molecule has 0 bridgehead atoms. The minimum atomic E-state index is -2.67. The number of hydrogen-bond acceptors (Lipinski definition) is 4. The van der Waals surface area contributed by atoms with Crippen molar-refractivity contribution in [3.05, 3.63) is 30.2 Å². The third kappa shape index (κ3) is 3.47. The van der Waals surface area contributed by atoms with Gasteiger partial charge < -0.3 is 5.32 Å². The lowest BCUT2D eigenvalue weighted by Crippen LogP contribution is -2.14. The highest BCUT2D eigenvalue weighted by molar-refractivity contribution is 7.19. The normalized spacial score (nSPS) is 17.1. The number of carbonyl (C=O) groups is 1. The van der Waals surface area contributed by atoms with E-state index in [1.165, 1.54) is 12.4 Å². The number of alkyl halides is 2. The van der Waals surface area contributed by atoms with E-state index in [-0.39, 0.29) is 17.6 Å². The predicted octanol–water partition coefficient (Wildman–Crippen LogP) is 4.00. The Balaban J connectivity index is 1.74. The summed E-state index contributed by atoms with van der Waals surface area (Å²) in [5.41, 5.74) is 0.569. The van der Waals surface area contributed by atoms with Gasteiger partial charge in [0.1, 0.15) is 0 Å². The highest BCUT2D eigenvalue weighted by Crippen LogP contribution is 2.33. The molecule has 1 aliphatic rings. The summed E-state index contributed by atoms with van der Waals surface area (Å²) < 4.78 is 26.7. The first kappa shape index (κ1) is 15.8. The molecule has 0 aliphatic heterocycles. The Morgan fingerprint density at radius 2 is 2.39 bits per heavy atom. The number of hydrogen-bond donors (Lipinski definition) is 1. The number of halogens is 2. The summed E-state index contributed by atoms with van der Waals surface area (Å²) in [7, 11) is 0. The van der Waals surface area contributed by atoms with Crippen LogP contribution < -0.4 is 5.32 Å². The molecule has 2 aromatic rings. The maximum absolute atomic E-state index is 13.0. The summed E-state index contributed by atoms with van der Waals surface area (Å²) in [5, 5.41) is 3.16. The van der Waals surface area contributed by atoms with Crippen LogP contribution in [-0.4, -0.2) is 20.4 Å². The molecule has 122 valence electrons. The fourth-order valence-corrected chi connectivity index (χ4v) is 3.56. The van der Waals surface area contributed by atoms with Crippen LogP contribution in [0.4, 0.5) is 13.9 Å². The van der Waals surface area contributed by atoms with Gasteiger partial charge in [0.15, 0.2) is 11.0 Å². The van der Waals surface area contributed by atoms with Crippen LogP contribution in [0, 0.1) is 12.8 Å². The Bertz CT molecular complexity index is 738. The number of aryl methyl sites for hydroxylation is 1. The average molecular weight is 338 g/mol. The van der Waals surface area contributed by atoms with Gasteiger partial charge in [-0.1, -0.05) is 23.5 Å². The maximum atomic E-state index is 13.0. The van der Waals surface area contributed by atoms with Gasteiger partial charge in [-0.2, -0.15) is 8.78 Å². The topological polar surface area (TPSA) is 59.8 Å². The van der Waals surface area contributed by atoms with E-state index in [4.69, 9.17) is 0 Å². The van der Waals surface area contributed by atoms with Crippen molar-refractivity contribution in [2.24, 2.45) is 5.92 Å². The maximum Gasteiger partial charge on any atom is 0.320 e. The summed E-state index contributed by atoms with van der Waals surface area (Å²) in [6, 6.07) is 0. The van der Waals surface area contributed by atoms with E-state index in [9.17, 15) is 13.6 Å². The molecule has 5 nitrogen and oxygen atoms in total. The molecule has 8 heteroatoms. The van der Waals surface area contributed by atoms with Crippen LogP contribution in [0.15, 0.2) is 24.5 Å². The van der Waals surface area contributed by atoms with Crippen molar-refractivity contribution < 1.29 is 13.6 Å².